The molecule has 1 aliphatic heterocycles. The second-order valence-corrected chi connectivity index (χ2v) is 10.5. The van der Waals surface area contributed by atoms with Crippen LogP contribution in [-0.2, 0) is 7.05 Å². The number of nitrogen functional groups attached to an aromatic ring is 1. The molecule has 192 valence electrons. The molecule has 0 saturated carbocycles. The molecule has 1 amide bonds. The van der Waals surface area contributed by atoms with Crippen molar-refractivity contribution in [3.8, 4) is 11.3 Å². The standard InChI is InChI=1S/C30H36N6O/c1-19-16-22(30(37)34(3)4)6-8-24(19)21-11-14-36(15-12-21)20(2)28-17-26-25(10-13-32-29(26)35(28)5)27-9-7-23(31)18-33-27/h6-10,13,16-18,20-21H,11-12,14-15,31H2,1-5H3/t20-/m1/s1. The molecular formula is C30H36N6O. The van der Waals surface area contributed by atoms with Gasteiger partial charge in [0.05, 0.1) is 17.6 Å². The average Bonchev–Trinajstić information content (AvgIpc) is 3.25. The van der Waals surface area contributed by atoms with E-state index in [9.17, 15) is 4.79 Å². The lowest BCUT2D eigenvalue weighted by molar-refractivity contribution is 0.0827. The van der Waals surface area contributed by atoms with Crippen LogP contribution in [0.15, 0.2) is 54.9 Å². The Labute approximate surface area is 218 Å². The van der Waals surface area contributed by atoms with Crippen LogP contribution in [0.25, 0.3) is 22.3 Å². The smallest absolute Gasteiger partial charge is 0.253 e. The molecule has 4 aromatic rings. The molecule has 7 heteroatoms. The molecule has 1 aromatic carbocycles. The summed E-state index contributed by atoms with van der Waals surface area (Å²) in [5.74, 6) is 0.572. The summed E-state index contributed by atoms with van der Waals surface area (Å²) in [5.41, 5.74) is 14.1. The van der Waals surface area contributed by atoms with Gasteiger partial charge >= 0.3 is 0 Å². The quantitative estimate of drug-likeness (QED) is 0.412. The van der Waals surface area contributed by atoms with E-state index in [1.807, 2.05) is 36.5 Å². The van der Waals surface area contributed by atoms with E-state index in [-0.39, 0.29) is 11.9 Å². The van der Waals surface area contributed by atoms with E-state index in [1.165, 1.54) is 16.8 Å². The Morgan fingerprint density at radius 3 is 2.49 bits per heavy atom. The van der Waals surface area contributed by atoms with Gasteiger partial charge in [-0.05, 0) is 93.2 Å². The number of hydrogen-bond acceptors (Lipinski definition) is 5. The predicted molar refractivity (Wildman–Crippen MR) is 150 cm³/mol. The van der Waals surface area contributed by atoms with E-state index in [0.717, 1.165) is 53.8 Å². The number of carbonyl (C=O) groups excluding carboxylic acids is 1. The van der Waals surface area contributed by atoms with Crippen LogP contribution in [0.3, 0.4) is 0 Å². The highest BCUT2D eigenvalue weighted by molar-refractivity contribution is 5.94. The van der Waals surface area contributed by atoms with Crippen LogP contribution in [0.1, 0.15) is 58.9 Å². The molecular weight excluding hydrogens is 460 g/mol. The summed E-state index contributed by atoms with van der Waals surface area (Å²) in [5, 5.41) is 1.11. The number of nitrogens with zero attached hydrogens (tertiary/aromatic N) is 5. The Morgan fingerprint density at radius 1 is 1.08 bits per heavy atom. The molecule has 1 fully saturated rings. The minimum atomic E-state index is 0.0538. The summed E-state index contributed by atoms with van der Waals surface area (Å²) in [6.07, 6.45) is 5.77. The summed E-state index contributed by atoms with van der Waals surface area (Å²) in [4.78, 5) is 25.8. The van der Waals surface area contributed by atoms with Crippen molar-refractivity contribution in [3.05, 3.63) is 77.2 Å². The summed E-state index contributed by atoms with van der Waals surface area (Å²) in [7, 11) is 5.70. The number of aryl methyl sites for hydroxylation is 2. The molecule has 0 unspecified atom stereocenters. The molecule has 4 heterocycles. The van der Waals surface area contributed by atoms with Crippen LogP contribution in [0.5, 0.6) is 0 Å². The van der Waals surface area contributed by atoms with Gasteiger partial charge in [-0.15, -0.1) is 0 Å². The molecule has 0 bridgehead atoms. The summed E-state index contributed by atoms with van der Waals surface area (Å²) >= 11 is 0. The number of amides is 1. The number of pyridine rings is 2. The number of aromatic nitrogens is 3. The third-order valence-electron chi connectivity index (χ3n) is 7.90. The first-order chi connectivity index (χ1) is 17.7. The van der Waals surface area contributed by atoms with Crippen LogP contribution in [0.4, 0.5) is 5.69 Å². The SMILES string of the molecule is Cc1cc(C(=O)N(C)C)ccc1C1CCN([C@H](C)c2cc3c(-c4ccc(N)cn4)ccnc3n2C)CC1. The maximum atomic E-state index is 12.3. The lowest BCUT2D eigenvalue weighted by atomic mass is 9.85. The minimum Gasteiger partial charge on any atom is -0.397 e. The first kappa shape index (κ1) is 25.0. The van der Waals surface area contributed by atoms with Crippen molar-refractivity contribution in [2.75, 3.05) is 32.9 Å². The minimum absolute atomic E-state index is 0.0538. The Kier molecular flexibility index (Phi) is 6.73. The topological polar surface area (TPSA) is 80.3 Å². The first-order valence-corrected chi connectivity index (χ1v) is 13.0. The highest BCUT2D eigenvalue weighted by atomic mass is 16.2. The van der Waals surface area contributed by atoms with E-state index < -0.39 is 0 Å². The number of rotatable bonds is 5. The second kappa shape index (κ2) is 9.98. The van der Waals surface area contributed by atoms with Gasteiger partial charge in [-0.25, -0.2) is 4.98 Å². The Bertz CT molecular complexity index is 1430. The van der Waals surface area contributed by atoms with E-state index >= 15 is 0 Å². The number of carbonyl (C=O) groups is 1. The molecule has 7 nitrogen and oxygen atoms in total. The van der Waals surface area contributed by atoms with Gasteiger partial charge in [-0.1, -0.05) is 6.07 Å². The monoisotopic (exact) mass is 496 g/mol. The van der Waals surface area contributed by atoms with Crippen LogP contribution in [-0.4, -0.2) is 57.4 Å². The van der Waals surface area contributed by atoms with Gasteiger partial charge < -0.3 is 15.2 Å². The molecule has 0 aliphatic carbocycles. The summed E-state index contributed by atoms with van der Waals surface area (Å²) < 4.78 is 2.22. The number of likely N-dealkylation sites (tertiary alicyclic amines) is 1. The van der Waals surface area contributed by atoms with Crippen LogP contribution in [0, 0.1) is 6.92 Å². The molecule has 1 saturated heterocycles. The van der Waals surface area contributed by atoms with Gasteiger partial charge in [-0.3, -0.25) is 14.7 Å². The Balaban J connectivity index is 1.34. The van der Waals surface area contributed by atoms with E-state index in [1.54, 1.807) is 25.2 Å². The predicted octanol–water partition coefficient (Wildman–Crippen LogP) is 5.17. The van der Waals surface area contributed by atoms with Gasteiger partial charge in [0.25, 0.3) is 5.91 Å². The van der Waals surface area contributed by atoms with Gasteiger partial charge in [-0.2, -0.15) is 0 Å². The Morgan fingerprint density at radius 2 is 1.84 bits per heavy atom. The molecule has 0 spiro atoms. The number of hydrogen-bond donors (Lipinski definition) is 1. The number of anilines is 1. The Hall–Kier alpha value is -3.71. The first-order valence-electron chi connectivity index (χ1n) is 13.0. The van der Waals surface area contributed by atoms with Crippen molar-refractivity contribution in [1.82, 2.24) is 24.3 Å². The lowest BCUT2D eigenvalue weighted by Crippen LogP contribution is -2.35. The van der Waals surface area contributed by atoms with Gasteiger partial charge in [0, 0.05) is 55.6 Å². The van der Waals surface area contributed by atoms with Gasteiger partial charge in [0.15, 0.2) is 0 Å². The number of benzene rings is 1. The van der Waals surface area contributed by atoms with Crippen molar-refractivity contribution in [2.45, 2.75) is 38.6 Å². The van der Waals surface area contributed by atoms with Crippen molar-refractivity contribution in [3.63, 3.8) is 0 Å². The summed E-state index contributed by atoms with van der Waals surface area (Å²) in [6.45, 7) is 6.49. The third-order valence-corrected chi connectivity index (χ3v) is 7.90. The molecule has 5 rings (SSSR count). The van der Waals surface area contributed by atoms with Crippen molar-refractivity contribution in [1.29, 1.82) is 0 Å². The number of fused-ring (bicyclic) bond motifs is 1. The van der Waals surface area contributed by atoms with Crippen LogP contribution >= 0.6 is 0 Å². The second-order valence-electron chi connectivity index (χ2n) is 10.5. The maximum absolute atomic E-state index is 12.3. The van der Waals surface area contributed by atoms with E-state index in [4.69, 9.17) is 5.73 Å². The lowest BCUT2D eigenvalue weighted by Gasteiger charge is -2.37. The molecule has 1 aliphatic rings. The van der Waals surface area contributed by atoms with Crippen LogP contribution < -0.4 is 5.73 Å². The molecule has 1 atom stereocenters. The zero-order valence-electron chi connectivity index (χ0n) is 22.4. The van der Waals surface area contributed by atoms with E-state index in [2.05, 4.69) is 52.5 Å². The van der Waals surface area contributed by atoms with Crippen LogP contribution in [0.2, 0.25) is 0 Å². The normalized spacial score (nSPS) is 15.7. The highest BCUT2D eigenvalue weighted by Gasteiger charge is 2.27. The number of piperidine rings is 1. The zero-order valence-corrected chi connectivity index (χ0v) is 22.4. The summed E-state index contributed by atoms with van der Waals surface area (Å²) in [6, 6.07) is 14.6. The largest absolute Gasteiger partial charge is 0.397 e. The average molecular weight is 497 g/mol. The molecule has 37 heavy (non-hydrogen) atoms. The van der Waals surface area contributed by atoms with Gasteiger partial charge in [0.2, 0.25) is 0 Å². The molecule has 2 N–H and O–H groups in total. The van der Waals surface area contributed by atoms with E-state index in [0.29, 0.717) is 11.6 Å². The maximum Gasteiger partial charge on any atom is 0.253 e. The fraction of sp³-hybridized carbons (Fsp3) is 0.367. The van der Waals surface area contributed by atoms with Gasteiger partial charge in [0.1, 0.15) is 5.65 Å². The zero-order chi connectivity index (χ0) is 26.3. The fourth-order valence-corrected chi connectivity index (χ4v) is 5.74. The van der Waals surface area contributed by atoms with Crippen molar-refractivity contribution < 1.29 is 4.79 Å². The molecule has 0 radical (unpaired) electrons. The molecule has 3 aromatic heterocycles. The third kappa shape index (κ3) is 4.71. The van der Waals surface area contributed by atoms with Crippen molar-refractivity contribution in [2.24, 2.45) is 7.05 Å². The number of nitrogens with two attached hydrogens (primary N) is 1. The van der Waals surface area contributed by atoms with Crippen molar-refractivity contribution >= 4 is 22.6 Å². The fourth-order valence-electron chi connectivity index (χ4n) is 5.74. The highest BCUT2D eigenvalue weighted by Crippen LogP contribution is 2.36.